The zero-order valence-electron chi connectivity index (χ0n) is 17.4. The van der Waals surface area contributed by atoms with Crippen LogP contribution in [0, 0.1) is 12.3 Å². The van der Waals surface area contributed by atoms with Gasteiger partial charge in [0.1, 0.15) is 0 Å². The van der Waals surface area contributed by atoms with Gasteiger partial charge in [0, 0.05) is 57.6 Å². The van der Waals surface area contributed by atoms with E-state index in [2.05, 4.69) is 33.4 Å². The molecule has 2 aliphatic rings. The van der Waals surface area contributed by atoms with E-state index in [9.17, 15) is 4.79 Å². The molecule has 0 aliphatic carbocycles. The lowest BCUT2D eigenvalue weighted by molar-refractivity contribution is -0.139. The van der Waals surface area contributed by atoms with Gasteiger partial charge in [0.05, 0.1) is 6.20 Å². The van der Waals surface area contributed by atoms with E-state index in [1.807, 2.05) is 6.20 Å². The number of piperidine rings is 2. The fourth-order valence-electron chi connectivity index (χ4n) is 4.62. The zero-order valence-corrected chi connectivity index (χ0v) is 17.4. The molecule has 0 bridgehead atoms. The monoisotopic (exact) mass is 376 g/mol. The third kappa shape index (κ3) is 4.91. The highest BCUT2D eigenvalue weighted by Gasteiger charge is 2.40. The molecule has 152 valence electrons. The molecule has 0 aromatic carbocycles. The summed E-state index contributed by atoms with van der Waals surface area (Å²) in [6.07, 6.45) is 8.28. The SMILES string of the molecule is CCCn1ncc(CN2CCC3(CCC(=O)N(CCCOC)C3)CC2)c1C. The smallest absolute Gasteiger partial charge is 0.222 e. The van der Waals surface area contributed by atoms with Crippen LogP contribution >= 0.6 is 0 Å². The molecule has 2 fully saturated rings. The number of likely N-dealkylation sites (tertiary alicyclic amines) is 2. The number of methoxy groups -OCH3 is 1. The number of carbonyl (C=O) groups is 1. The Balaban J connectivity index is 1.52. The summed E-state index contributed by atoms with van der Waals surface area (Å²) in [4.78, 5) is 16.9. The first-order valence-electron chi connectivity index (χ1n) is 10.6. The van der Waals surface area contributed by atoms with Crippen molar-refractivity contribution in [2.75, 3.05) is 39.9 Å². The molecule has 3 rings (SSSR count). The number of hydrogen-bond donors (Lipinski definition) is 0. The lowest BCUT2D eigenvalue weighted by Crippen LogP contribution is -2.51. The molecule has 1 spiro atoms. The summed E-state index contributed by atoms with van der Waals surface area (Å²) in [5.41, 5.74) is 3.00. The predicted octanol–water partition coefficient (Wildman–Crippen LogP) is 2.84. The summed E-state index contributed by atoms with van der Waals surface area (Å²) in [6, 6.07) is 0. The minimum absolute atomic E-state index is 0.332. The molecule has 3 heterocycles. The maximum absolute atomic E-state index is 12.3. The molecule has 6 nitrogen and oxygen atoms in total. The van der Waals surface area contributed by atoms with E-state index >= 15 is 0 Å². The molecule has 0 atom stereocenters. The number of aromatic nitrogens is 2. The van der Waals surface area contributed by atoms with E-state index in [1.165, 1.54) is 24.1 Å². The average molecular weight is 377 g/mol. The molecular formula is C21H36N4O2. The largest absolute Gasteiger partial charge is 0.385 e. The summed E-state index contributed by atoms with van der Waals surface area (Å²) in [6.45, 7) is 11.1. The lowest BCUT2D eigenvalue weighted by Gasteiger charge is -2.47. The quantitative estimate of drug-likeness (QED) is 0.655. The van der Waals surface area contributed by atoms with Crippen molar-refractivity contribution in [2.45, 2.75) is 65.5 Å². The van der Waals surface area contributed by atoms with E-state index in [1.54, 1.807) is 7.11 Å². The van der Waals surface area contributed by atoms with Crippen molar-refractivity contribution in [1.29, 1.82) is 0 Å². The van der Waals surface area contributed by atoms with Crippen LogP contribution < -0.4 is 0 Å². The van der Waals surface area contributed by atoms with Crippen LogP contribution in [0.15, 0.2) is 6.20 Å². The van der Waals surface area contributed by atoms with Crippen molar-refractivity contribution in [3.63, 3.8) is 0 Å². The Morgan fingerprint density at radius 1 is 1.22 bits per heavy atom. The summed E-state index contributed by atoms with van der Waals surface area (Å²) < 4.78 is 7.28. The highest BCUT2D eigenvalue weighted by atomic mass is 16.5. The summed E-state index contributed by atoms with van der Waals surface area (Å²) >= 11 is 0. The molecule has 1 aromatic heterocycles. The molecule has 0 radical (unpaired) electrons. The third-order valence-corrected chi connectivity index (χ3v) is 6.48. The first kappa shape index (κ1) is 20.3. The fraction of sp³-hybridized carbons (Fsp3) is 0.810. The first-order chi connectivity index (χ1) is 13.1. The zero-order chi connectivity index (χ0) is 19.3. The van der Waals surface area contributed by atoms with Gasteiger partial charge in [-0.15, -0.1) is 0 Å². The number of ether oxygens (including phenoxy) is 1. The molecule has 2 saturated heterocycles. The van der Waals surface area contributed by atoms with E-state index in [-0.39, 0.29) is 0 Å². The van der Waals surface area contributed by atoms with E-state index < -0.39 is 0 Å². The van der Waals surface area contributed by atoms with Gasteiger partial charge in [-0.05, 0) is 57.5 Å². The third-order valence-electron chi connectivity index (χ3n) is 6.48. The first-order valence-corrected chi connectivity index (χ1v) is 10.6. The van der Waals surface area contributed by atoms with Gasteiger partial charge < -0.3 is 9.64 Å². The Labute approximate surface area is 163 Å². The summed E-state index contributed by atoms with van der Waals surface area (Å²) in [5, 5.41) is 4.54. The van der Waals surface area contributed by atoms with E-state index in [4.69, 9.17) is 4.74 Å². The van der Waals surface area contributed by atoms with Crippen molar-refractivity contribution in [2.24, 2.45) is 5.41 Å². The van der Waals surface area contributed by atoms with Crippen LogP contribution in [-0.2, 0) is 22.6 Å². The van der Waals surface area contributed by atoms with Gasteiger partial charge in [-0.2, -0.15) is 5.10 Å². The van der Waals surface area contributed by atoms with Gasteiger partial charge in [-0.1, -0.05) is 6.92 Å². The highest BCUT2D eigenvalue weighted by molar-refractivity contribution is 5.77. The predicted molar refractivity (Wildman–Crippen MR) is 107 cm³/mol. The fourth-order valence-corrected chi connectivity index (χ4v) is 4.62. The second kappa shape index (κ2) is 9.20. The van der Waals surface area contributed by atoms with Crippen LogP contribution in [0.4, 0.5) is 0 Å². The minimum Gasteiger partial charge on any atom is -0.385 e. The van der Waals surface area contributed by atoms with Gasteiger partial charge in [0.15, 0.2) is 0 Å². The number of hydrogen-bond acceptors (Lipinski definition) is 4. The second-order valence-corrected chi connectivity index (χ2v) is 8.42. The van der Waals surface area contributed by atoms with Gasteiger partial charge in [0.25, 0.3) is 0 Å². The van der Waals surface area contributed by atoms with Crippen LogP contribution in [0.1, 0.15) is 56.7 Å². The Hall–Kier alpha value is -1.40. The molecular weight excluding hydrogens is 340 g/mol. The Bertz CT molecular complexity index is 620. The maximum atomic E-state index is 12.3. The van der Waals surface area contributed by atoms with Crippen LogP contribution in [0.25, 0.3) is 0 Å². The van der Waals surface area contributed by atoms with Gasteiger partial charge in [-0.3, -0.25) is 14.4 Å². The molecule has 0 N–H and O–H groups in total. The molecule has 27 heavy (non-hydrogen) atoms. The topological polar surface area (TPSA) is 50.6 Å². The Morgan fingerprint density at radius 2 is 2.00 bits per heavy atom. The molecule has 1 aromatic rings. The van der Waals surface area contributed by atoms with Crippen LogP contribution in [0.5, 0.6) is 0 Å². The minimum atomic E-state index is 0.332. The molecule has 1 amide bonds. The van der Waals surface area contributed by atoms with Crippen molar-refractivity contribution < 1.29 is 9.53 Å². The van der Waals surface area contributed by atoms with Gasteiger partial charge in [0.2, 0.25) is 5.91 Å². The van der Waals surface area contributed by atoms with Crippen molar-refractivity contribution in [3.8, 4) is 0 Å². The van der Waals surface area contributed by atoms with Crippen LogP contribution in [0.2, 0.25) is 0 Å². The number of amides is 1. The van der Waals surface area contributed by atoms with E-state index in [0.29, 0.717) is 11.3 Å². The number of aryl methyl sites for hydroxylation is 1. The van der Waals surface area contributed by atoms with Crippen molar-refractivity contribution in [3.05, 3.63) is 17.5 Å². The summed E-state index contributed by atoms with van der Waals surface area (Å²) in [5.74, 6) is 0.332. The molecule has 2 aliphatic heterocycles. The van der Waals surface area contributed by atoms with Crippen molar-refractivity contribution >= 4 is 5.91 Å². The van der Waals surface area contributed by atoms with Crippen LogP contribution in [0.3, 0.4) is 0 Å². The highest BCUT2D eigenvalue weighted by Crippen LogP contribution is 2.40. The number of carbonyl (C=O) groups excluding carboxylic acids is 1. The maximum Gasteiger partial charge on any atom is 0.222 e. The van der Waals surface area contributed by atoms with Crippen molar-refractivity contribution in [1.82, 2.24) is 19.6 Å². The van der Waals surface area contributed by atoms with Gasteiger partial charge >= 0.3 is 0 Å². The second-order valence-electron chi connectivity index (χ2n) is 8.42. The lowest BCUT2D eigenvalue weighted by atomic mass is 9.72. The Morgan fingerprint density at radius 3 is 2.70 bits per heavy atom. The van der Waals surface area contributed by atoms with E-state index in [0.717, 1.165) is 71.6 Å². The molecule has 0 saturated carbocycles. The average Bonchev–Trinajstić information content (AvgIpc) is 3.01. The Kier molecular flexibility index (Phi) is 6.93. The summed E-state index contributed by atoms with van der Waals surface area (Å²) in [7, 11) is 1.73. The number of rotatable bonds is 8. The molecule has 6 heteroatoms. The molecule has 0 unspecified atom stereocenters. The standard InChI is InChI=1S/C21H36N4O2/c1-4-10-25-18(2)19(15-22-25)16-23-12-8-21(9-13-23)7-6-20(26)24(17-21)11-5-14-27-3/h15H,4-14,16-17H2,1-3H3. The normalized spacial score (nSPS) is 20.6. The van der Waals surface area contributed by atoms with Gasteiger partial charge in [-0.25, -0.2) is 0 Å². The number of nitrogens with zero attached hydrogens (tertiary/aromatic N) is 4. The van der Waals surface area contributed by atoms with Crippen LogP contribution in [-0.4, -0.2) is 65.4 Å².